The van der Waals surface area contributed by atoms with Crippen molar-refractivity contribution in [3.63, 3.8) is 0 Å². The van der Waals surface area contributed by atoms with E-state index in [1.54, 1.807) is 6.20 Å². The van der Waals surface area contributed by atoms with Gasteiger partial charge in [-0.2, -0.15) is 5.10 Å². The first-order valence-corrected chi connectivity index (χ1v) is 7.88. The summed E-state index contributed by atoms with van der Waals surface area (Å²) >= 11 is 9.62. The van der Waals surface area contributed by atoms with Crippen LogP contribution in [0.4, 0.5) is 0 Å². The molecule has 0 aliphatic heterocycles. The predicted octanol–water partition coefficient (Wildman–Crippen LogP) is 3.25. The molecule has 0 aliphatic rings. The van der Waals surface area contributed by atoms with Crippen LogP contribution in [0.1, 0.15) is 22.9 Å². The summed E-state index contributed by atoms with van der Waals surface area (Å²) in [6.45, 7) is 3.47. The van der Waals surface area contributed by atoms with Gasteiger partial charge in [-0.3, -0.25) is 4.68 Å². The van der Waals surface area contributed by atoms with Crippen molar-refractivity contribution in [2.24, 2.45) is 0 Å². The number of nitrogens with zero attached hydrogens (tertiary/aromatic N) is 3. The lowest BCUT2D eigenvalue weighted by Crippen LogP contribution is -2.21. The van der Waals surface area contributed by atoms with Crippen LogP contribution in [0.15, 0.2) is 28.9 Å². The maximum Gasteiger partial charge on any atom is 0.122 e. The molecule has 1 aromatic carbocycles. The summed E-state index contributed by atoms with van der Waals surface area (Å²) in [5.41, 5.74) is 2.44. The Labute approximate surface area is 138 Å². The third kappa shape index (κ3) is 3.66. The number of hydrogen-bond acceptors (Lipinski definition) is 3. The second kappa shape index (κ2) is 6.92. The van der Waals surface area contributed by atoms with Crippen molar-refractivity contribution in [3.8, 4) is 0 Å². The van der Waals surface area contributed by atoms with Gasteiger partial charge in [0.15, 0.2) is 0 Å². The minimum absolute atomic E-state index is 0.655. The van der Waals surface area contributed by atoms with Gasteiger partial charge in [-0.15, -0.1) is 0 Å². The topological polar surface area (TPSA) is 41.3 Å². The average Bonchev–Trinajstić information content (AvgIpc) is 2.80. The monoisotopic (exact) mass is 371 g/mol. The second-order valence-electron chi connectivity index (χ2n) is 5.26. The van der Waals surface area contributed by atoms with Gasteiger partial charge in [0.25, 0.3) is 0 Å². The standard InChI is InChI=1S/C15H19BrClN3O/c1-10-11(5-4-6-13(10)17)15(21)14-12(16)9-18-20(14)8-7-19(2)3/h4-6,9,15,21H,7-8H2,1-3H3. The molecule has 0 amide bonds. The molecule has 0 saturated carbocycles. The molecule has 1 atom stereocenters. The molecule has 0 fully saturated rings. The normalized spacial score (nSPS) is 12.9. The van der Waals surface area contributed by atoms with E-state index in [0.29, 0.717) is 11.6 Å². The molecule has 0 radical (unpaired) electrons. The van der Waals surface area contributed by atoms with Crippen molar-refractivity contribution in [1.29, 1.82) is 0 Å². The van der Waals surface area contributed by atoms with Gasteiger partial charge < -0.3 is 10.0 Å². The Morgan fingerprint density at radius 1 is 1.43 bits per heavy atom. The van der Waals surface area contributed by atoms with Gasteiger partial charge in [0, 0.05) is 11.6 Å². The zero-order valence-electron chi connectivity index (χ0n) is 12.3. The first-order valence-electron chi connectivity index (χ1n) is 6.70. The van der Waals surface area contributed by atoms with Crippen LogP contribution in [-0.2, 0) is 6.54 Å². The number of aromatic nitrogens is 2. The second-order valence-corrected chi connectivity index (χ2v) is 6.52. The van der Waals surface area contributed by atoms with Crippen LogP contribution in [0, 0.1) is 6.92 Å². The summed E-state index contributed by atoms with van der Waals surface area (Å²) in [7, 11) is 4.02. The molecule has 6 heteroatoms. The summed E-state index contributed by atoms with van der Waals surface area (Å²) in [6, 6.07) is 5.56. The number of aliphatic hydroxyl groups excluding tert-OH is 1. The van der Waals surface area contributed by atoms with Crippen LogP contribution >= 0.6 is 27.5 Å². The molecule has 2 rings (SSSR count). The number of rotatable bonds is 5. The smallest absolute Gasteiger partial charge is 0.122 e. The van der Waals surface area contributed by atoms with Gasteiger partial charge in [0.2, 0.25) is 0 Å². The quantitative estimate of drug-likeness (QED) is 0.876. The van der Waals surface area contributed by atoms with Gasteiger partial charge in [0.05, 0.1) is 22.9 Å². The maximum atomic E-state index is 10.7. The van der Waals surface area contributed by atoms with Gasteiger partial charge in [-0.05, 0) is 54.1 Å². The number of benzene rings is 1. The van der Waals surface area contributed by atoms with E-state index in [4.69, 9.17) is 11.6 Å². The van der Waals surface area contributed by atoms with Gasteiger partial charge in [-0.25, -0.2) is 0 Å². The van der Waals surface area contributed by atoms with E-state index in [1.165, 1.54) is 0 Å². The highest BCUT2D eigenvalue weighted by Crippen LogP contribution is 2.32. The van der Waals surface area contributed by atoms with Crippen LogP contribution in [-0.4, -0.2) is 40.4 Å². The van der Waals surface area contributed by atoms with Crippen LogP contribution in [0.25, 0.3) is 0 Å². The molecular formula is C15H19BrClN3O. The molecule has 1 aromatic heterocycles. The van der Waals surface area contributed by atoms with E-state index in [-0.39, 0.29) is 0 Å². The highest BCUT2D eigenvalue weighted by molar-refractivity contribution is 9.10. The van der Waals surface area contributed by atoms with E-state index in [1.807, 2.05) is 43.9 Å². The molecule has 4 nitrogen and oxygen atoms in total. The van der Waals surface area contributed by atoms with E-state index >= 15 is 0 Å². The summed E-state index contributed by atoms with van der Waals surface area (Å²) in [5.74, 6) is 0. The van der Waals surface area contributed by atoms with E-state index in [9.17, 15) is 5.11 Å². The lowest BCUT2D eigenvalue weighted by atomic mass is 10.0. The lowest BCUT2D eigenvalue weighted by Gasteiger charge is -2.18. The zero-order valence-corrected chi connectivity index (χ0v) is 14.7. The Bertz CT molecular complexity index is 627. The fourth-order valence-corrected chi connectivity index (χ4v) is 2.88. The van der Waals surface area contributed by atoms with Gasteiger partial charge in [-0.1, -0.05) is 23.7 Å². The van der Waals surface area contributed by atoms with E-state index in [2.05, 4.69) is 25.9 Å². The number of hydrogen-bond donors (Lipinski definition) is 1. The van der Waals surface area contributed by atoms with Crippen LogP contribution in [0.3, 0.4) is 0 Å². The van der Waals surface area contributed by atoms with Crippen molar-refractivity contribution in [1.82, 2.24) is 14.7 Å². The highest BCUT2D eigenvalue weighted by atomic mass is 79.9. The molecule has 1 N–H and O–H groups in total. The Hall–Kier alpha value is -0.880. The minimum atomic E-state index is -0.761. The summed E-state index contributed by atoms with van der Waals surface area (Å²) in [5, 5.41) is 15.7. The van der Waals surface area contributed by atoms with Gasteiger partial charge in [0.1, 0.15) is 6.10 Å². The number of halogens is 2. The molecule has 0 saturated heterocycles. The fraction of sp³-hybridized carbons (Fsp3) is 0.400. The fourth-order valence-electron chi connectivity index (χ4n) is 2.18. The molecule has 1 unspecified atom stereocenters. The molecule has 0 spiro atoms. The van der Waals surface area contributed by atoms with E-state index in [0.717, 1.165) is 27.8 Å². The third-order valence-electron chi connectivity index (χ3n) is 3.46. The van der Waals surface area contributed by atoms with Gasteiger partial charge >= 0.3 is 0 Å². The molecule has 1 heterocycles. The zero-order chi connectivity index (χ0) is 15.6. The first kappa shape index (κ1) is 16.5. The third-order valence-corrected chi connectivity index (χ3v) is 4.48. The Morgan fingerprint density at radius 3 is 2.81 bits per heavy atom. The van der Waals surface area contributed by atoms with Crippen molar-refractivity contribution in [2.45, 2.75) is 19.6 Å². The molecule has 21 heavy (non-hydrogen) atoms. The summed E-state index contributed by atoms with van der Waals surface area (Å²) in [4.78, 5) is 2.08. The molecule has 0 bridgehead atoms. The number of aliphatic hydroxyl groups is 1. The first-order chi connectivity index (χ1) is 9.91. The maximum absolute atomic E-state index is 10.7. The SMILES string of the molecule is Cc1c(Cl)cccc1C(O)c1c(Br)cnn1CCN(C)C. The van der Waals surface area contributed by atoms with Crippen LogP contribution in [0.5, 0.6) is 0 Å². The van der Waals surface area contributed by atoms with E-state index < -0.39 is 6.10 Å². The molecule has 2 aromatic rings. The summed E-state index contributed by atoms with van der Waals surface area (Å²) < 4.78 is 2.63. The van der Waals surface area contributed by atoms with Crippen molar-refractivity contribution in [3.05, 3.63) is 50.7 Å². The number of likely N-dealkylation sites (N-methyl/N-ethyl adjacent to an activating group) is 1. The predicted molar refractivity (Wildman–Crippen MR) is 88.7 cm³/mol. The minimum Gasteiger partial charge on any atom is -0.382 e. The molecule has 114 valence electrons. The average molecular weight is 373 g/mol. The van der Waals surface area contributed by atoms with Crippen molar-refractivity contribution in [2.75, 3.05) is 20.6 Å². The lowest BCUT2D eigenvalue weighted by molar-refractivity contribution is 0.204. The van der Waals surface area contributed by atoms with Crippen LogP contribution < -0.4 is 0 Å². The largest absolute Gasteiger partial charge is 0.382 e. The Balaban J connectivity index is 2.36. The highest BCUT2D eigenvalue weighted by Gasteiger charge is 2.21. The van der Waals surface area contributed by atoms with Crippen LogP contribution in [0.2, 0.25) is 5.02 Å². The van der Waals surface area contributed by atoms with Crippen molar-refractivity contribution >= 4 is 27.5 Å². The Morgan fingerprint density at radius 2 is 2.14 bits per heavy atom. The molecule has 0 aliphatic carbocycles. The van der Waals surface area contributed by atoms with Crippen molar-refractivity contribution < 1.29 is 5.11 Å². The Kier molecular flexibility index (Phi) is 5.43. The molecular weight excluding hydrogens is 354 g/mol. The summed E-state index contributed by atoms with van der Waals surface area (Å²) in [6.07, 6.45) is 0.955.